The predicted octanol–water partition coefficient (Wildman–Crippen LogP) is 4.37. The molecule has 1 amide bonds. The number of carbonyl (C=O) groups is 1. The number of hydrogen-bond acceptors (Lipinski definition) is 6. The second kappa shape index (κ2) is 7.16. The Kier molecular flexibility index (Phi) is 4.37. The lowest BCUT2D eigenvalue weighted by atomic mass is 9.97. The zero-order valence-corrected chi connectivity index (χ0v) is 15.9. The number of rotatable bonds is 3. The van der Waals surface area contributed by atoms with Crippen molar-refractivity contribution in [3.8, 4) is 11.6 Å². The molecule has 1 fully saturated rings. The van der Waals surface area contributed by atoms with Crippen molar-refractivity contribution < 1.29 is 9.21 Å². The van der Waals surface area contributed by atoms with Crippen molar-refractivity contribution in [1.82, 2.24) is 20.1 Å². The van der Waals surface area contributed by atoms with Gasteiger partial charge in [-0.05, 0) is 31.0 Å². The molecule has 0 aliphatic carbocycles. The van der Waals surface area contributed by atoms with Gasteiger partial charge in [0, 0.05) is 34.8 Å². The number of nitrogens with zero attached hydrogens (tertiary/aromatic N) is 4. The van der Waals surface area contributed by atoms with E-state index in [9.17, 15) is 4.79 Å². The summed E-state index contributed by atoms with van der Waals surface area (Å²) >= 11 is 1.61. The van der Waals surface area contributed by atoms with Crippen LogP contribution < -0.4 is 0 Å². The molecular weight excluding hydrogens is 372 g/mol. The van der Waals surface area contributed by atoms with Crippen LogP contribution in [0.5, 0.6) is 0 Å². The lowest BCUT2D eigenvalue weighted by Gasteiger charge is -2.31. The predicted molar refractivity (Wildman–Crippen MR) is 107 cm³/mol. The highest BCUT2D eigenvalue weighted by Crippen LogP contribution is 2.31. The summed E-state index contributed by atoms with van der Waals surface area (Å²) in [7, 11) is 0. The maximum absolute atomic E-state index is 13.1. The van der Waals surface area contributed by atoms with Crippen molar-refractivity contribution >= 4 is 27.3 Å². The number of benzene rings is 1. The van der Waals surface area contributed by atoms with E-state index in [1.165, 1.54) is 0 Å². The van der Waals surface area contributed by atoms with Crippen molar-refractivity contribution in [3.05, 3.63) is 65.5 Å². The molecular formula is C21H18N4O2S. The molecule has 7 heteroatoms. The molecule has 1 aliphatic heterocycles. The fraction of sp³-hybridized carbons (Fsp3) is 0.238. The van der Waals surface area contributed by atoms with Gasteiger partial charge in [0.2, 0.25) is 5.89 Å². The molecule has 1 aliphatic rings. The third kappa shape index (κ3) is 3.07. The van der Waals surface area contributed by atoms with Crippen LogP contribution in [-0.2, 0) is 0 Å². The first-order chi connectivity index (χ1) is 13.8. The van der Waals surface area contributed by atoms with E-state index >= 15 is 0 Å². The molecule has 1 atom stereocenters. The average Bonchev–Trinajstić information content (AvgIpc) is 3.42. The monoisotopic (exact) mass is 390 g/mol. The van der Waals surface area contributed by atoms with Crippen LogP contribution in [0.25, 0.3) is 21.7 Å². The van der Waals surface area contributed by atoms with Gasteiger partial charge in [0.1, 0.15) is 5.69 Å². The van der Waals surface area contributed by atoms with E-state index in [1.807, 2.05) is 52.7 Å². The fourth-order valence-electron chi connectivity index (χ4n) is 3.67. The third-order valence-electron chi connectivity index (χ3n) is 5.09. The SMILES string of the molecule is O=C(c1csc2ccccc12)N1CCC[C@@H](c2nnc(-c3ccccn3)o2)C1. The number of amides is 1. The Balaban J connectivity index is 1.37. The van der Waals surface area contributed by atoms with Gasteiger partial charge in [0.05, 0.1) is 11.5 Å². The van der Waals surface area contributed by atoms with E-state index in [1.54, 1.807) is 17.5 Å². The Morgan fingerprint density at radius 2 is 2.04 bits per heavy atom. The van der Waals surface area contributed by atoms with Gasteiger partial charge < -0.3 is 9.32 Å². The maximum Gasteiger partial charge on any atom is 0.266 e. The number of fused-ring (bicyclic) bond motifs is 1. The molecule has 0 N–H and O–H groups in total. The number of likely N-dealkylation sites (tertiary alicyclic amines) is 1. The van der Waals surface area contributed by atoms with Crippen LogP contribution in [0.1, 0.15) is 35.0 Å². The molecule has 5 rings (SSSR count). The van der Waals surface area contributed by atoms with Gasteiger partial charge in [-0.25, -0.2) is 0 Å². The first kappa shape index (κ1) is 17.1. The minimum Gasteiger partial charge on any atom is -0.419 e. The third-order valence-corrected chi connectivity index (χ3v) is 6.06. The van der Waals surface area contributed by atoms with E-state index in [-0.39, 0.29) is 11.8 Å². The molecule has 0 unspecified atom stereocenters. The number of thiophene rings is 1. The molecule has 4 heterocycles. The summed E-state index contributed by atoms with van der Waals surface area (Å²) in [6.45, 7) is 1.34. The standard InChI is InChI=1S/C21H18N4O2S/c26-21(16-13-28-18-9-2-1-7-15(16)18)25-11-5-6-14(12-25)19-23-24-20(27-19)17-8-3-4-10-22-17/h1-4,7-10,13-14H,5-6,11-12H2/t14-/m1/s1. The zero-order valence-electron chi connectivity index (χ0n) is 15.1. The van der Waals surface area contributed by atoms with E-state index < -0.39 is 0 Å². The molecule has 3 aromatic heterocycles. The quantitative estimate of drug-likeness (QED) is 0.519. The fourth-order valence-corrected chi connectivity index (χ4v) is 4.60. The molecule has 1 aromatic carbocycles. The Morgan fingerprint density at radius 3 is 2.93 bits per heavy atom. The topological polar surface area (TPSA) is 72.1 Å². The van der Waals surface area contributed by atoms with Crippen LogP contribution >= 0.6 is 11.3 Å². The Bertz CT molecular complexity index is 1120. The number of aromatic nitrogens is 3. The van der Waals surface area contributed by atoms with E-state index in [4.69, 9.17) is 4.42 Å². The highest BCUT2D eigenvalue weighted by atomic mass is 32.1. The van der Waals surface area contributed by atoms with Crippen LogP contribution in [0.2, 0.25) is 0 Å². The molecule has 0 radical (unpaired) electrons. The van der Waals surface area contributed by atoms with Crippen molar-refractivity contribution in [2.24, 2.45) is 0 Å². The van der Waals surface area contributed by atoms with E-state index in [0.29, 0.717) is 24.0 Å². The molecule has 6 nitrogen and oxygen atoms in total. The smallest absolute Gasteiger partial charge is 0.266 e. The second-order valence-electron chi connectivity index (χ2n) is 6.90. The number of pyridine rings is 1. The van der Waals surface area contributed by atoms with E-state index in [2.05, 4.69) is 15.2 Å². The van der Waals surface area contributed by atoms with Gasteiger partial charge in [0.15, 0.2) is 0 Å². The van der Waals surface area contributed by atoms with Crippen LogP contribution in [0.4, 0.5) is 0 Å². The normalized spacial score (nSPS) is 17.1. The van der Waals surface area contributed by atoms with E-state index in [0.717, 1.165) is 35.0 Å². The maximum atomic E-state index is 13.1. The Labute approximate surface area is 165 Å². The van der Waals surface area contributed by atoms with Crippen LogP contribution in [0.15, 0.2) is 58.5 Å². The average molecular weight is 390 g/mol. The summed E-state index contributed by atoms with van der Waals surface area (Å²) in [5.41, 5.74) is 1.44. The van der Waals surface area contributed by atoms with Gasteiger partial charge in [-0.2, -0.15) is 0 Å². The molecule has 28 heavy (non-hydrogen) atoms. The van der Waals surface area contributed by atoms with Crippen molar-refractivity contribution in [2.75, 3.05) is 13.1 Å². The largest absolute Gasteiger partial charge is 0.419 e. The summed E-state index contributed by atoms with van der Waals surface area (Å²) in [4.78, 5) is 19.3. The van der Waals surface area contributed by atoms with Gasteiger partial charge in [0.25, 0.3) is 11.8 Å². The number of piperidine rings is 1. The molecule has 0 spiro atoms. The molecule has 0 saturated carbocycles. The lowest BCUT2D eigenvalue weighted by molar-refractivity contribution is 0.0701. The minimum absolute atomic E-state index is 0.0487. The Morgan fingerprint density at radius 1 is 1.14 bits per heavy atom. The summed E-state index contributed by atoms with van der Waals surface area (Å²) in [6, 6.07) is 13.6. The summed E-state index contributed by atoms with van der Waals surface area (Å²) in [6.07, 6.45) is 3.54. The first-order valence-corrected chi connectivity index (χ1v) is 10.2. The van der Waals surface area contributed by atoms with Gasteiger partial charge in [-0.15, -0.1) is 21.5 Å². The van der Waals surface area contributed by atoms with Crippen LogP contribution in [0.3, 0.4) is 0 Å². The van der Waals surface area contributed by atoms with Crippen molar-refractivity contribution in [3.63, 3.8) is 0 Å². The van der Waals surface area contributed by atoms with Gasteiger partial charge in [-0.3, -0.25) is 9.78 Å². The summed E-state index contributed by atoms with van der Waals surface area (Å²) in [5, 5.41) is 11.4. The number of carbonyl (C=O) groups excluding carboxylic acids is 1. The van der Waals surface area contributed by atoms with Crippen LogP contribution in [0, 0.1) is 0 Å². The van der Waals surface area contributed by atoms with Crippen molar-refractivity contribution in [1.29, 1.82) is 0 Å². The molecule has 0 bridgehead atoms. The Hall–Kier alpha value is -3.06. The highest BCUT2D eigenvalue weighted by Gasteiger charge is 2.30. The number of hydrogen-bond donors (Lipinski definition) is 0. The molecule has 1 saturated heterocycles. The van der Waals surface area contributed by atoms with Gasteiger partial charge >= 0.3 is 0 Å². The second-order valence-corrected chi connectivity index (χ2v) is 7.81. The lowest BCUT2D eigenvalue weighted by Crippen LogP contribution is -2.39. The van der Waals surface area contributed by atoms with Gasteiger partial charge in [-0.1, -0.05) is 24.3 Å². The minimum atomic E-state index is 0.0487. The highest BCUT2D eigenvalue weighted by molar-refractivity contribution is 7.17. The van der Waals surface area contributed by atoms with Crippen molar-refractivity contribution in [2.45, 2.75) is 18.8 Å². The zero-order chi connectivity index (χ0) is 18.9. The summed E-state index contributed by atoms with van der Waals surface area (Å²) in [5.74, 6) is 1.12. The summed E-state index contributed by atoms with van der Waals surface area (Å²) < 4.78 is 7.01. The molecule has 140 valence electrons. The first-order valence-electron chi connectivity index (χ1n) is 9.30. The van der Waals surface area contributed by atoms with Crippen LogP contribution in [-0.4, -0.2) is 39.1 Å². The molecule has 4 aromatic rings.